The van der Waals surface area contributed by atoms with Gasteiger partial charge in [0.2, 0.25) is 11.8 Å². The second kappa shape index (κ2) is 16.4. The van der Waals surface area contributed by atoms with Crippen molar-refractivity contribution in [2.45, 2.75) is 69.0 Å². The first-order valence-corrected chi connectivity index (χ1v) is 18.9. The van der Waals surface area contributed by atoms with E-state index in [2.05, 4.69) is 21.2 Å². The predicted molar refractivity (Wildman–Crippen MR) is 196 cm³/mol. The molecule has 48 heavy (non-hydrogen) atoms. The Labute approximate surface area is 301 Å². The molecular weight excluding hydrogens is 733 g/mol. The van der Waals surface area contributed by atoms with Crippen LogP contribution < -0.4 is 9.62 Å². The van der Waals surface area contributed by atoms with Crippen LogP contribution in [0.3, 0.4) is 0 Å². The maximum Gasteiger partial charge on any atom is 0.264 e. The number of aryl methyl sites for hydroxylation is 1. The Kier molecular flexibility index (Phi) is 12.2. The molecule has 1 saturated carbocycles. The van der Waals surface area contributed by atoms with Crippen LogP contribution >= 0.6 is 39.1 Å². The number of halogens is 3. The highest BCUT2D eigenvalue weighted by Crippen LogP contribution is 2.33. The number of benzene rings is 4. The monoisotopic (exact) mass is 769 g/mol. The van der Waals surface area contributed by atoms with E-state index >= 15 is 0 Å². The zero-order chi connectivity index (χ0) is 34.3. The number of hydrogen-bond donors (Lipinski definition) is 1. The average molecular weight is 772 g/mol. The molecular formula is C37H38BrCl2N3O4S. The smallest absolute Gasteiger partial charge is 0.264 e. The largest absolute Gasteiger partial charge is 0.352 e. The lowest BCUT2D eigenvalue weighted by Gasteiger charge is -2.35. The first-order valence-electron chi connectivity index (χ1n) is 15.9. The van der Waals surface area contributed by atoms with E-state index in [-0.39, 0.29) is 45.5 Å². The summed E-state index contributed by atoms with van der Waals surface area (Å²) in [6, 6.07) is 26.9. The first-order chi connectivity index (χ1) is 23.0. The highest BCUT2D eigenvalue weighted by Gasteiger charge is 2.36. The van der Waals surface area contributed by atoms with E-state index in [1.807, 2.05) is 61.5 Å². The van der Waals surface area contributed by atoms with Crippen LogP contribution in [0.5, 0.6) is 0 Å². The number of hydrogen-bond acceptors (Lipinski definition) is 4. The Morgan fingerprint density at radius 2 is 1.54 bits per heavy atom. The molecule has 5 rings (SSSR count). The van der Waals surface area contributed by atoms with Gasteiger partial charge in [0.05, 0.1) is 15.6 Å². The van der Waals surface area contributed by atoms with Gasteiger partial charge in [-0.15, -0.1) is 0 Å². The number of sulfonamides is 1. The van der Waals surface area contributed by atoms with Crippen LogP contribution in [0.4, 0.5) is 5.69 Å². The van der Waals surface area contributed by atoms with Gasteiger partial charge < -0.3 is 10.2 Å². The fourth-order valence-corrected chi connectivity index (χ4v) is 8.04. The van der Waals surface area contributed by atoms with E-state index < -0.39 is 28.5 Å². The Morgan fingerprint density at radius 1 is 0.875 bits per heavy atom. The minimum absolute atomic E-state index is 0.00715. The average Bonchev–Trinajstić information content (AvgIpc) is 3.08. The van der Waals surface area contributed by atoms with E-state index in [1.165, 1.54) is 29.2 Å². The van der Waals surface area contributed by atoms with Gasteiger partial charge in [0.15, 0.2) is 0 Å². The van der Waals surface area contributed by atoms with Crippen molar-refractivity contribution in [2.24, 2.45) is 0 Å². The quantitative estimate of drug-likeness (QED) is 0.157. The summed E-state index contributed by atoms with van der Waals surface area (Å²) < 4.78 is 30.4. The Morgan fingerprint density at radius 3 is 2.21 bits per heavy atom. The highest BCUT2D eigenvalue weighted by molar-refractivity contribution is 9.10. The molecule has 4 aromatic rings. The lowest BCUT2D eigenvalue weighted by molar-refractivity contribution is -0.140. The van der Waals surface area contributed by atoms with Gasteiger partial charge >= 0.3 is 0 Å². The summed E-state index contributed by atoms with van der Waals surface area (Å²) in [5.41, 5.74) is 2.60. The summed E-state index contributed by atoms with van der Waals surface area (Å²) in [6.07, 6.45) is 5.18. The zero-order valence-electron chi connectivity index (χ0n) is 26.6. The van der Waals surface area contributed by atoms with Crippen molar-refractivity contribution in [3.05, 3.63) is 128 Å². The summed E-state index contributed by atoms with van der Waals surface area (Å²) in [7, 11) is -4.31. The fourth-order valence-electron chi connectivity index (χ4n) is 5.91. The molecule has 0 spiro atoms. The molecule has 1 fully saturated rings. The molecule has 0 bridgehead atoms. The fraction of sp³-hybridized carbons (Fsp3) is 0.297. The maximum absolute atomic E-state index is 14.7. The molecule has 2 amide bonds. The van der Waals surface area contributed by atoms with Crippen molar-refractivity contribution in [3.8, 4) is 0 Å². The second-order valence-corrected chi connectivity index (χ2v) is 15.7. The molecule has 1 aliphatic carbocycles. The van der Waals surface area contributed by atoms with Crippen LogP contribution in [0.1, 0.15) is 48.8 Å². The van der Waals surface area contributed by atoms with Crippen LogP contribution in [0, 0.1) is 6.92 Å². The van der Waals surface area contributed by atoms with Crippen molar-refractivity contribution >= 4 is 66.7 Å². The molecule has 0 saturated heterocycles. The molecule has 7 nitrogen and oxygen atoms in total. The zero-order valence-corrected chi connectivity index (χ0v) is 30.5. The number of nitrogens with one attached hydrogen (secondary N) is 1. The highest BCUT2D eigenvalue weighted by atomic mass is 79.9. The van der Waals surface area contributed by atoms with Gasteiger partial charge in [-0.3, -0.25) is 13.9 Å². The molecule has 11 heteroatoms. The minimum atomic E-state index is -4.31. The molecule has 0 aromatic heterocycles. The summed E-state index contributed by atoms with van der Waals surface area (Å²) in [6.45, 7) is 1.31. The molecule has 1 atom stereocenters. The summed E-state index contributed by atoms with van der Waals surface area (Å²) in [5, 5.41) is 3.59. The van der Waals surface area contributed by atoms with Crippen molar-refractivity contribution in [1.82, 2.24) is 10.2 Å². The summed E-state index contributed by atoms with van der Waals surface area (Å²) in [5.74, 6) is -0.839. The van der Waals surface area contributed by atoms with E-state index in [9.17, 15) is 18.0 Å². The van der Waals surface area contributed by atoms with Gasteiger partial charge in [0.25, 0.3) is 10.0 Å². The Bertz CT molecular complexity index is 1820. The molecule has 1 N–H and O–H groups in total. The molecule has 252 valence electrons. The van der Waals surface area contributed by atoms with Crippen molar-refractivity contribution in [3.63, 3.8) is 0 Å². The van der Waals surface area contributed by atoms with E-state index in [4.69, 9.17) is 23.2 Å². The van der Waals surface area contributed by atoms with Crippen molar-refractivity contribution < 1.29 is 18.0 Å². The van der Waals surface area contributed by atoms with Crippen LogP contribution in [0.2, 0.25) is 10.0 Å². The van der Waals surface area contributed by atoms with Crippen molar-refractivity contribution in [2.75, 3.05) is 10.8 Å². The Hall–Kier alpha value is -3.37. The molecule has 0 radical (unpaired) electrons. The number of rotatable bonds is 12. The Balaban J connectivity index is 1.58. The third-order valence-corrected chi connectivity index (χ3v) is 11.4. The summed E-state index contributed by atoms with van der Waals surface area (Å²) in [4.78, 5) is 30.4. The maximum atomic E-state index is 14.7. The summed E-state index contributed by atoms with van der Waals surface area (Å²) >= 11 is 16.4. The van der Waals surface area contributed by atoms with Gasteiger partial charge in [-0.2, -0.15) is 0 Å². The van der Waals surface area contributed by atoms with Gasteiger partial charge in [0, 0.05) is 28.5 Å². The van der Waals surface area contributed by atoms with Crippen LogP contribution in [-0.2, 0) is 32.6 Å². The normalized spacial score (nSPS) is 14.2. The van der Waals surface area contributed by atoms with E-state index in [0.717, 1.165) is 57.6 Å². The third-order valence-electron chi connectivity index (χ3n) is 8.55. The SMILES string of the molecule is Cc1ccc(S(=O)(=O)N(CC(=O)N(Cc2ccc(Br)cc2)C(Cc2ccccc2)C(=O)NC2CCCCC2)c2cc(Cl)ccc2Cl)cc1. The number of nitrogens with zero attached hydrogens (tertiary/aromatic N) is 2. The molecule has 0 heterocycles. The number of anilines is 1. The third kappa shape index (κ3) is 9.20. The predicted octanol–water partition coefficient (Wildman–Crippen LogP) is 8.35. The lowest BCUT2D eigenvalue weighted by Crippen LogP contribution is -2.55. The molecule has 1 aliphatic rings. The standard InChI is InChI=1S/C37H38BrCl2N3O4S/c1-26-12-19-32(20-13-26)48(46,47)43(34-23-30(39)18-21-33(34)40)25-36(44)42(24-28-14-16-29(38)17-15-28)35(22-27-8-4-2-5-9-27)37(45)41-31-10-6-3-7-11-31/h2,4-5,8-9,12-21,23,31,35H,3,6-7,10-11,22,24-25H2,1H3,(H,41,45). The van der Waals surface area contributed by atoms with E-state index in [0.29, 0.717) is 0 Å². The topological polar surface area (TPSA) is 86.8 Å². The van der Waals surface area contributed by atoms with Crippen molar-refractivity contribution in [1.29, 1.82) is 0 Å². The van der Waals surface area contributed by atoms with Gasteiger partial charge in [0.1, 0.15) is 12.6 Å². The van der Waals surface area contributed by atoms with Crippen LogP contribution in [0.25, 0.3) is 0 Å². The van der Waals surface area contributed by atoms with E-state index in [1.54, 1.807) is 18.2 Å². The number of carbonyl (C=O) groups excluding carboxylic acids is 2. The number of amides is 2. The number of carbonyl (C=O) groups is 2. The molecule has 4 aromatic carbocycles. The second-order valence-electron chi connectivity index (χ2n) is 12.1. The van der Waals surface area contributed by atoms with Gasteiger partial charge in [-0.25, -0.2) is 8.42 Å². The molecule has 0 aliphatic heterocycles. The minimum Gasteiger partial charge on any atom is -0.352 e. The van der Waals surface area contributed by atoms with Crippen LogP contribution in [0.15, 0.2) is 106 Å². The van der Waals surface area contributed by atoms with Gasteiger partial charge in [-0.1, -0.05) is 119 Å². The van der Waals surface area contributed by atoms with Crippen LogP contribution in [-0.4, -0.2) is 43.8 Å². The van der Waals surface area contributed by atoms with Gasteiger partial charge in [-0.05, 0) is 73.4 Å². The molecule has 1 unspecified atom stereocenters. The first kappa shape index (κ1) is 35.9. The lowest BCUT2D eigenvalue weighted by atomic mass is 9.94.